The molecule has 0 radical (unpaired) electrons. The zero-order valence-corrected chi connectivity index (χ0v) is 7.48. The molecule has 1 aromatic heterocycles. The standard InChI is InChI=1S/C4Cl3NOS/c5-2(9)1-3(6)10-4(7)8-1. The number of hydrogen-bond donors (Lipinski definition) is 0. The van der Waals surface area contributed by atoms with Crippen LogP contribution < -0.4 is 0 Å². The molecule has 0 unspecified atom stereocenters. The average molecular weight is 216 g/mol. The molecule has 10 heavy (non-hydrogen) atoms. The van der Waals surface area contributed by atoms with E-state index in [0.29, 0.717) is 0 Å². The van der Waals surface area contributed by atoms with Gasteiger partial charge in [0.15, 0.2) is 10.2 Å². The molecule has 1 rings (SSSR count). The Morgan fingerprint density at radius 3 is 2.30 bits per heavy atom. The smallest absolute Gasteiger partial charge is 0.273 e. The van der Waals surface area contributed by atoms with Gasteiger partial charge in [-0.3, -0.25) is 4.79 Å². The fraction of sp³-hybridized carbons (Fsp3) is 0. The van der Waals surface area contributed by atoms with E-state index in [-0.39, 0.29) is 14.5 Å². The van der Waals surface area contributed by atoms with E-state index in [2.05, 4.69) is 4.98 Å². The van der Waals surface area contributed by atoms with Crippen molar-refractivity contribution >= 4 is 51.4 Å². The minimum Gasteiger partial charge on any atom is -0.274 e. The third kappa shape index (κ3) is 1.61. The number of aromatic nitrogens is 1. The van der Waals surface area contributed by atoms with Gasteiger partial charge >= 0.3 is 0 Å². The summed E-state index contributed by atoms with van der Waals surface area (Å²) >= 11 is 17.0. The maximum Gasteiger partial charge on any atom is 0.273 e. The molecule has 0 bridgehead atoms. The van der Waals surface area contributed by atoms with Gasteiger partial charge in [0.1, 0.15) is 4.34 Å². The first-order chi connectivity index (χ1) is 4.61. The molecule has 0 atom stereocenters. The van der Waals surface area contributed by atoms with Crippen LogP contribution in [0.1, 0.15) is 10.5 Å². The molecule has 0 amide bonds. The molecule has 6 heteroatoms. The summed E-state index contributed by atoms with van der Waals surface area (Å²) in [5, 5.41) is -0.687. The van der Waals surface area contributed by atoms with Crippen LogP contribution in [0, 0.1) is 0 Å². The van der Waals surface area contributed by atoms with E-state index in [4.69, 9.17) is 34.8 Å². The van der Waals surface area contributed by atoms with E-state index in [9.17, 15) is 4.79 Å². The van der Waals surface area contributed by atoms with Gasteiger partial charge in [-0.2, -0.15) is 0 Å². The molecule has 1 aromatic rings. The second-order valence-corrected chi connectivity index (χ2v) is 3.89. The quantitative estimate of drug-likeness (QED) is 0.676. The van der Waals surface area contributed by atoms with Crippen LogP contribution in [0.2, 0.25) is 8.80 Å². The Hall–Kier alpha value is 0.170. The van der Waals surface area contributed by atoms with Gasteiger partial charge in [0.25, 0.3) is 5.24 Å². The summed E-state index contributed by atoms with van der Waals surface area (Å²) in [5.74, 6) is 0. The monoisotopic (exact) mass is 215 g/mol. The van der Waals surface area contributed by atoms with E-state index >= 15 is 0 Å². The van der Waals surface area contributed by atoms with Crippen molar-refractivity contribution in [3.05, 3.63) is 14.5 Å². The molecule has 2 nitrogen and oxygen atoms in total. The first-order valence-corrected chi connectivity index (χ1v) is 4.08. The van der Waals surface area contributed by atoms with Gasteiger partial charge in [-0.25, -0.2) is 4.98 Å². The Bertz CT molecular complexity index is 271. The predicted molar refractivity (Wildman–Crippen MR) is 42.3 cm³/mol. The van der Waals surface area contributed by atoms with Gasteiger partial charge in [0, 0.05) is 0 Å². The number of hydrogen-bond acceptors (Lipinski definition) is 3. The summed E-state index contributed by atoms with van der Waals surface area (Å²) in [5.41, 5.74) is 0.0262. The first kappa shape index (κ1) is 8.27. The van der Waals surface area contributed by atoms with Crippen LogP contribution >= 0.6 is 46.1 Å². The molecule has 0 aromatic carbocycles. The first-order valence-electron chi connectivity index (χ1n) is 2.13. The number of rotatable bonds is 1. The van der Waals surface area contributed by atoms with Crippen LogP contribution in [0.15, 0.2) is 0 Å². The maximum atomic E-state index is 10.4. The Morgan fingerprint density at radius 2 is 2.10 bits per heavy atom. The van der Waals surface area contributed by atoms with E-state index in [1.165, 1.54) is 0 Å². The maximum absolute atomic E-state index is 10.4. The second kappa shape index (κ2) is 3.05. The highest BCUT2D eigenvalue weighted by molar-refractivity contribution is 7.20. The van der Waals surface area contributed by atoms with Crippen LogP contribution in [0.5, 0.6) is 0 Å². The summed E-state index contributed by atoms with van der Waals surface area (Å²) in [6.07, 6.45) is 0. The Labute approximate surface area is 75.7 Å². The SMILES string of the molecule is O=C(Cl)c1nc(Cl)sc1Cl. The molecule has 1 heterocycles. The molecule has 0 aliphatic heterocycles. The summed E-state index contributed by atoms with van der Waals surface area (Å²) in [6.45, 7) is 0. The number of carbonyl (C=O) groups excluding carboxylic acids is 1. The van der Waals surface area contributed by atoms with E-state index < -0.39 is 5.24 Å². The average Bonchev–Trinajstić information content (AvgIpc) is 2.10. The minimum absolute atomic E-state index is 0.0262. The summed E-state index contributed by atoms with van der Waals surface area (Å²) in [7, 11) is 0. The molecule has 54 valence electrons. The van der Waals surface area contributed by atoms with Crippen molar-refractivity contribution in [2.45, 2.75) is 0 Å². The molecule has 0 saturated carbocycles. The zero-order chi connectivity index (χ0) is 7.72. The van der Waals surface area contributed by atoms with Crippen LogP contribution in [-0.4, -0.2) is 10.2 Å². The fourth-order valence-corrected chi connectivity index (χ4v) is 1.94. The number of carbonyl (C=O) groups is 1. The molecular weight excluding hydrogens is 216 g/mol. The predicted octanol–water partition coefficient (Wildman–Crippen LogP) is 2.83. The van der Waals surface area contributed by atoms with E-state index in [0.717, 1.165) is 11.3 Å². The molecule has 0 N–H and O–H groups in total. The lowest BCUT2D eigenvalue weighted by atomic mass is 10.6. The van der Waals surface area contributed by atoms with Gasteiger partial charge in [-0.15, -0.1) is 0 Å². The van der Waals surface area contributed by atoms with Crippen molar-refractivity contribution in [1.29, 1.82) is 0 Å². The van der Waals surface area contributed by atoms with Crippen molar-refractivity contribution in [2.75, 3.05) is 0 Å². The summed E-state index contributed by atoms with van der Waals surface area (Å²) in [4.78, 5) is 14.0. The van der Waals surface area contributed by atoms with Crippen molar-refractivity contribution in [3.63, 3.8) is 0 Å². The lowest BCUT2D eigenvalue weighted by molar-refractivity contribution is 0.107. The zero-order valence-electron chi connectivity index (χ0n) is 4.40. The molecular formula is C4Cl3NOS. The van der Waals surface area contributed by atoms with Gasteiger partial charge < -0.3 is 0 Å². The van der Waals surface area contributed by atoms with Crippen molar-refractivity contribution in [3.8, 4) is 0 Å². The number of halogens is 3. The van der Waals surface area contributed by atoms with Gasteiger partial charge in [-0.05, 0) is 11.6 Å². The summed E-state index contributed by atoms with van der Waals surface area (Å²) in [6, 6.07) is 0. The number of thiazole rings is 1. The van der Waals surface area contributed by atoms with Crippen LogP contribution in [-0.2, 0) is 0 Å². The number of nitrogens with zero attached hydrogens (tertiary/aromatic N) is 1. The third-order valence-corrected chi connectivity index (χ3v) is 2.28. The van der Waals surface area contributed by atoms with Crippen molar-refractivity contribution < 1.29 is 4.79 Å². The fourth-order valence-electron chi connectivity index (χ4n) is 0.398. The molecule has 0 aliphatic carbocycles. The van der Waals surface area contributed by atoms with Gasteiger partial charge in [-0.1, -0.05) is 34.5 Å². The molecule has 0 saturated heterocycles. The third-order valence-electron chi connectivity index (χ3n) is 0.746. The highest BCUT2D eigenvalue weighted by Crippen LogP contribution is 2.28. The lowest BCUT2D eigenvalue weighted by Crippen LogP contribution is -1.87. The minimum atomic E-state index is -0.687. The van der Waals surface area contributed by atoms with Crippen LogP contribution in [0.4, 0.5) is 0 Å². The molecule has 0 fully saturated rings. The highest BCUT2D eigenvalue weighted by atomic mass is 35.5. The lowest BCUT2D eigenvalue weighted by Gasteiger charge is -1.81. The topological polar surface area (TPSA) is 30.0 Å². The Balaban J connectivity index is 3.15. The van der Waals surface area contributed by atoms with Gasteiger partial charge in [0.05, 0.1) is 0 Å². The van der Waals surface area contributed by atoms with Crippen LogP contribution in [0.25, 0.3) is 0 Å². The largest absolute Gasteiger partial charge is 0.274 e. The Morgan fingerprint density at radius 1 is 1.50 bits per heavy atom. The van der Waals surface area contributed by atoms with Crippen LogP contribution in [0.3, 0.4) is 0 Å². The normalized spacial score (nSPS) is 9.90. The summed E-state index contributed by atoms with van der Waals surface area (Å²) < 4.78 is 0.444. The van der Waals surface area contributed by atoms with Crippen molar-refractivity contribution in [2.24, 2.45) is 0 Å². The molecule has 0 spiro atoms. The molecule has 0 aliphatic rings. The Kier molecular flexibility index (Phi) is 2.52. The second-order valence-electron chi connectivity index (χ2n) is 1.36. The van der Waals surface area contributed by atoms with Gasteiger partial charge in [0.2, 0.25) is 0 Å². The highest BCUT2D eigenvalue weighted by Gasteiger charge is 2.12. The van der Waals surface area contributed by atoms with E-state index in [1.54, 1.807) is 0 Å². The van der Waals surface area contributed by atoms with E-state index in [1.807, 2.05) is 0 Å². The van der Waals surface area contributed by atoms with Crippen molar-refractivity contribution in [1.82, 2.24) is 4.98 Å².